The van der Waals surface area contributed by atoms with Crippen LogP contribution in [0.1, 0.15) is 15.9 Å². The molecular weight excluding hydrogens is 318 g/mol. The van der Waals surface area contributed by atoms with Crippen LogP contribution in [-0.4, -0.2) is 24.3 Å². The van der Waals surface area contributed by atoms with Crippen molar-refractivity contribution in [2.24, 2.45) is 0 Å². The molecule has 0 spiro atoms. The van der Waals surface area contributed by atoms with Crippen molar-refractivity contribution in [2.75, 3.05) is 11.9 Å². The number of nitrogens with one attached hydrogen (secondary N) is 3. The minimum Gasteiger partial charge on any atom is -0.348 e. The third-order valence-corrected chi connectivity index (χ3v) is 3.33. The molecule has 3 N–H and O–H groups in total. The summed E-state index contributed by atoms with van der Waals surface area (Å²) in [6.07, 6.45) is 1.47. The largest absolute Gasteiger partial charge is 0.348 e. The summed E-state index contributed by atoms with van der Waals surface area (Å²) in [5.41, 5.74) is 1.51. The van der Waals surface area contributed by atoms with Crippen molar-refractivity contribution in [3.63, 3.8) is 0 Å². The monoisotopic (exact) mass is 337 g/mol. The highest BCUT2D eigenvalue weighted by atomic mass is 16.2. The highest BCUT2D eigenvalue weighted by Crippen LogP contribution is 2.15. The fourth-order valence-electron chi connectivity index (χ4n) is 2.09. The minimum atomic E-state index is -0.842. The van der Waals surface area contributed by atoms with Crippen LogP contribution >= 0.6 is 0 Å². The SMILES string of the molecule is C=CCNC(=O)C(=O)Nc1ccccc1C(=O)NCc1ccccc1. The summed E-state index contributed by atoms with van der Waals surface area (Å²) in [5.74, 6) is -1.98. The van der Waals surface area contributed by atoms with Crippen LogP contribution in [0.15, 0.2) is 67.3 Å². The normalized spacial score (nSPS) is 9.76. The fraction of sp³-hybridized carbons (Fsp3) is 0.105. The summed E-state index contributed by atoms with van der Waals surface area (Å²) in [7, 11) is 0. The minimum absolute atomic E-state index is 0.186. The van der Waals surface area contributed by atoms with Gasteiger partial charge in [0, 0.05) is 13.1 Å². The Kier molecular flexibility index (Phi) is 6.47. The lowest BCUT2D eigenvalue weighted by molar-refractivity contribution is -0.136. The van der Waals surface area contributed by atoms with E-state index < -0.39 is 11.8 Å². The zero-order valence-electron chi connectivity index (χ0n) is 13.6. The molecule has 0 heterocycles. The summed E-state index contributed by atoms with van der Waals surface area (Å²) in [6.45, 7) is 4.01. The molecule has 0 saturated heterocycles. The standard InChI is InChI=1S/C19H19N3O3/c1-2-12-20-18(24)19(25)22-16-11-7-6-10-15(16)17(23)21-13-14-8-4-3-5-9-14/h2-11H,1,12-13H2,(H,20,24)(H,21,23)(H,22,25). The third kappa shape index (κ3) is 5.31. The molecule has 2 rings (SSSR count). The number of rotatable bonds is 6. The maximum atomic E-state index is 12.4. The van der Waals surface area contributed by atoms with E-state index in [-0.39, 0.29) is 23.7 Å². The molecule has 2 aromatic carbocycles. The molecule has 25 heavy (non-hydrogen) atoms. The van der Waals surface area contributed by atoms with Crippen molar-refractivity contribution in [2.45, 2.75) is 6.54 Å². The molecule has 0 radical (unpaired) electrons. The number of hydrogen-bond acceptors (Lipinski definition) is 3. The zero-order valence-corrected chi connectivity index (χ0v) is 13.6. The van der Waals surface area contributed by atoms with E-state index in [0.717, 1.165) is 5.56 Å². The van der Waals surface area contributed by atoms with Crippen LogP contribution in [0.2, 0.25) is 0 Å². The molecule has 2 aromatic rings. The van der Waals surface area contributed by atoms with Gasteiger partial charge >= 0.3 is 11.8 Å². The first-order valence-corrected chi connectivity index (χ1v) is 7.73. The van der Waals surface area contributed by atoms with Gasteiger partial charge in [-0.25, -0.2) is 0 Å². The Morgan fingerprint density at radius 1 is 0.880 bits per heavy atom. The number of amides is 3. The van der Waals surface area contributed by atoms with Gasteiger partial charge in [-0.05, 0) is 17.7 Å². The van der Waals surface area contributed by atoms with E-state index in [1.54, 1.807) is 24.3 Å². The average Bonchev–Trinajstić information content (AvgIpc) is 2.65. The van der Waals surface area contributed by atoms with Crippen molar-refractivity contribution in [1.29, 1.82) is 0 Å². The molecule has 0 aliphatic rings. The Hall–Kier alpha value is -3.41. The number of carbonyl (C=O) groups is 3. The van der Waals surface area contributed by atoms with E-state index in [0.29, 0.717) is 6.54 Å². The maximum absolute atomic E-state index is 12.4. The maximum Gasteiger partial charge on any atom is 0.313 e. The first kappa shape index (κ1) is 17.9. The van der Waals surface area contributed by atoms with Gasteiger partial charge in [-0.3, -0.25) is 14.4 Å². The summed E-state index contributed by atoms with van der Waals surface area (Å²) < 4.78 is 0. The van der Waals surface area contributed by atoms with Crippen molar-refractivity contribution in [1.82, 2.24) is 10.6 Å². The van der Waals surface area contributed by atoms with Gasteiger partial charge < -0.3 is 16.0 Å². The molecule has 0 unspecified atom stereocenters. The Morgan fingerprint density at radius 3 is 2.28 bits per heavy atom. The highest BCUT2D eigenvalue weighted by molar-refractivity contribution is 6.40. The van der Waals surface area contributed by atoms with Crippen molar-refractivity contribution in [3.8, 4) is 0 Å². The Morgan fingerprint density at radius 2 is 1.56 bits per heavy atom. The molecule has 0 atom stereocenters. The van der Waals surface area contributed by atoms with Gasteiger partial charge in [0.05, 0.1) is 11.3 Å². The van der Waals surface area contributed by atoms with E-state index in [1.165, 1.54) is 6.08 Å². The lowest BCUT2D eigenvalue weighted by Crippen LogP contribution is -2.36. The van der Waals surface area contributed by atoms with E-state index in [1.807, 2.05) is 30.3 Å². The molecule has 0 aliphatic heterocycles. The number of para-hydroxylation sites is 1. The highest BCUT2D eigenvalue weighted by Gasteiger charge is 2.17. The van der Waals surface area contributed by atoms with E-state index in [9.17, 15) is 14.4 Å². The van der Waals surface area contributed by atoms with Crippen molar-refractivity contribution < 1.29 is 14.4 Å². The fourth-order valence-corrected chi connectivity index (χ4v) is 2.09. The lowest BCUT2D eigenvalue weighted by Gasteiger charge is -2.11. The van der Waals surface area contributed by atoms with Crippen LogP contribution in [-0.2, 0) is 16.1 Å². The molecule has 128 valence electrons. The molecule has 0 fully saturated rings. The van der Waals surface area contributed by atoms with E-state index in [2.05, 4.69) is 22.5 Å². The summed E-state index contributed by atoms with van der Waals surface area (Å²) in [6, 6.07) is 16.0. The Bertz CT molecular complexity index is 772. The van der Waals surface area contributed by atoms with E-state index >= 15 is 0 Å². The van der Waals surface area contributed by atoms with Gasteiger partial charge in [-0.15, -0.1) is 6.58 Å². The summed E-state index contributed by atoms with van der Waals surface area (Å²) in [4.78, 5) is 35.9. The van der Waals surface area contributed by atoms with Gasteiger partial charge in [-0.2, -0.15) is 0 Å². The summed E-state index contributed by atoms with van der Waals surface area (Å²) >= 11 is 0. The molecule has 0 aromatic heterocycles. The van der Waals surface area contributed by atoms with Crippen LogP contribution in [0.5, 0.6) is 0 Å². The number of benzene rings is 2. The second-order valence-corrected chi connectivity index (χ2v) is 5.17. The van der Waals surface area contributed by atoms with E-state index in [4.69, 9.17) is 0 Å². The van der Waals surface area contributed by atoms with Crippen LogP contribution in [0.25, 0.3) is 0 Å². The first-order chi connectivity index (χ1) is 12.1. The lowest BCUT2D eigenvalue weighted by atomic mass is 10.1. The smallest absolute Gasteiger partial charge is 0.313 e. The van der Waals surface area contributed by atoms with Gasteiger partial charge in [0.1, 0.15) is 0 Å². The second kappa shape index (κ2) is 9.02. The van der Waals surface area contributed by atoms with Gasteiger partial charge in [-0.1, -0.05) is 48.5 Å². The van der Waals surface area contributed by atoms with Crippen LogP contribution in [0, 0.1) is 0 Å². The topological polar surface area (TPSA) is 87.3 Å². The Balaban J connectivity index is 2.04. The van der Waals surface area contributed by atoms with Gasteiger partial charge in [0.2, 0.25) is 0 Å². The molecule has 0 bridgehead atoms. The Labute approximate surface area is 145 Å². The molecule has 0 saturated carbocycles. The van der Waals surface area contributed by atoms with Gasteiger partial charge in [0.25, 0.3) is 5.91 Å². The second-order valence-electron chi connectivity index (χ2n) is 5.17. The third-order valence-electron chi connectivity index (χ3n) is 3.33. The van der Waals surface area contributed by atoms with Crippen LogP contribution in [0.4, 0.5) is 5.69 Å². The molecular formula is C19H19N3O3. The predicted octanol–water partition coefficient (Wildman–Crippen LogP) is 1.86. The zero-order chi connectivity index (χ0) is 18.1. The summed E-state index contributed by atoms with van der Waals surface area (Å²) in [5, 5.41) is 7.62. The number of anilines is 1. The van der Waals surface area contributed by atoms with Crippen molar-refractivity contribution in [3.05, 3.63) is 78.4 Å². The quantitative estimate of drug-likeness (QED) is 0.555. The van der Waals surface area contributed by atoms with Crippen molar-refractivity contribution >= 4 is 23.4 Å². The molecule has 3 amide bonds. The molecule has 6 heteroatoms. The van der Waals surface area contributed by atoms with Crippen LogP contribution < -0.4 is 16.0 Å². The van der Waals surface area contributed by atoms with Gasteiger partial charge in [0.15, 0.2) is 0 Å². The predicted molar refractivity (Wildman–Crippen MR) is 95.9 cm³/mol. The average molecular weight is 337 g/mol. The number of carbonyl (C=O) groups excluding carboxylic acids is 3. The number of hydrogen-bond donors (Lipinski definition) is 3. The molecule has 6 nitrogen and oxygen atoms in total. The first-order valence-electron chi connectivity index (χ1n) is 7.73. The van der Waals surface area contributed by atoms with Crippen LogP contribution in [0.3, 0.4) is 0 Å². The molecule has 0 aliphatic carbocycles.